The number of esters is 1. The van der Waals surface area contributed by atoms with E-state index in [0.29, 0.717) is 15.7 Å². The summed E-state index contributed by atoms with van der Waals surface area (Å²) in [6, 6.07) is 2.83. The van der Waals surface area contributed by atoms with Crippen LogP contribution in [0.1, 0.15) is 21.9 Å². The summed E-state index contributed by atoms with van der Waals surface area (Å²) in [6.07, 6.45) is 1.49. The topological polar surface area (TPSA) is 76.5 Å². The monoisotopic (exact) mass is 323 g/mol. The summed E-state index contributed by atoms with van der Waals surface area (Å²) in [5, 5.41) is 2.27. The number of fused-ring (bicyclic) bond motifs is 1. The maximum Gasteiger partial charge on any atom is 0.355 e. The molecular formula is C13H10ClN3O3S. The van der Waals surface area contributed by atoms with Crippen molar-refractivity contribution in [3.05, 3.63) is 56.2 Å². The minimum atomic E-state index is -0.550. The van der Waals surface area contributed by atoms with E-state index in [1.54, 1.807) is 0 Å². The highest BCUT2D eigenvalue weighted by atomic mass is 35.5. The van der Waals surface area contributed by atoms with Crippen LogP contribution in [-0.2, 0) is 11.3 Å². The molecule has 0 aliphatic heterocycles. The number of carbonyl (C=O) groups excluding carboxylic acids is 1. The quantitative estimate of drug-likeness (QED) is 0.751. The molecule has 0 unspecified atom stereocenters. The molecule has 108 valence electrons. The highest BCUT2D eigenvalue weighted by Gasteiger charge is 2.12. The zero-order chi connectivity index (χ0) is 15.0. The van der Waals surface area contributed by atoms with Crippen molar-refractivity contribution in [2.24, 2.45) is 0 Å². The zero-order valence-corrected chi connectivity index (χ0v) is 12.5. The average Bonchev–Trinajstić information content (AvgIpc) is 3.03. The standard InChI is InChI=1S/C13H10ClN3O3S/c1-7-6-21-13-16-9(3-11(18)17(7)13)5-20-12(19)10-2-8(14)4-15-10/h2-4,6,15H,5H2,1H3. The molecule has 0 saturated carbocycles. The first-order chi connectivity index (χ1) is 10.0. The Morgan fingerprint density at radius 1 is 1.52 bits per heavy atom. The fourth-order valence-corrected chi connectivity index (χ4v) is 2.93. The minimum absolute atomic E-state index is 0.0713. The fraction of sp³-hybridized carbons (Fsp3) is 0.154. The van der Waals surface area contributed by atoms with Gasteiger partial charge < -0.3 is 9.72 Å². The summed E-state index contributed by atoms with van der Waals surface area (Å²) in [5.41, 5.74) is 1.31. The van der Waals surface area contributed by atoms with Gasteiger partial charge in [0.05, 0.1) is 10.7 Å². The third-order valence-electron chi connectivity index (χ3n) is 2.85. The van der Waals surface area contributed by atoms with Gasteiger partial charge in [0, 0.05) is 23.3 Å². The van der Waals surface area contributed by atoms with Crippen molar-refractivity contribution in [1.82, 2.24) is 14.4 Å². The number of H-pyrrole nitrogens is 1. The van der Waals surface area contributed by atoms with Crippen LogP contribution >= 0.6 is 22.9 Å². The molecule has 0 fully saturated rings. The van der Waals surface area contributed by atoms with Gasteiger partial charge in [-0.2, -0.15) is 0 Å². The van der Waals surface area contributed by atoms with Crippen molar-refractivity contribution in [2.75, 3.05) is 0 Å². The molecule has 3 aromatic rings. The molecule has 6 nitrogen and oxygen atoms in total. The maximum absolute atomic E-state index is 12.0. The minimum Gasteiger partial charge on any atom is -0.455 e. The molecule has 0 atom stereocenters. The lowest BCUT2D eigenvalue weighted by Gasteiger charge is -2.03. The Bertz CT molecular complexity index is 880. The molecule has 21 heavy (non-hydrogen) atoms. The van der Waals surface area contributed by atoms with Crippen molar-refractivity contribution in [3.8, 4) is 0 Å². The first-order valence-electron chi connectivity index (χ1n) is 6.02. The number of aromatic amines is 1. The molecule has 1 N–H and O–H groups in total. The van der Waals surface area contributed by atoms with Gasteiger partial charge in [-0.25, -0.2) is 9.78 Å². The second-order valence-electron chi connectivity index (χ2n) is 4.39. The van der Waals surface area contributed by atoms with E-state index in [-0.39, 0.29) is 17.9 Å². The number of halogens is 1. The van der Waals surface area contributed by atoms with Crippen LogP contribution in [0.2, 0.25) is 5.02 Å². The van der Waals surface area contributed by atoms with Crippen LogP contribution in [0.4, 0.5) is 0 Å². The Morgan fingerprint density at radius 3 is 3.05 bits per heavy atom. The number of carbonyl (C=O) groups is 1. The third-order valence-corrected chi connectivity index (χ3v) is 4.01. The number of hydrogen-bond acceptors (Lipinski definition) is 5. The zero-order valence-electron chi connectivity index (χ0n) is 10.9. The van der Waals surface area contributed by atoms with Gasteiger partial charge in [0.1, 0.15) is 12.3 Å². The van der Waals surface area contributed by atoms with E-state index in [2.05, 4.69) is 9.97 Å². The Hall–Kier alpha value is -2.12. The largest absolute Gasteiger partial charge is 0.455 e. The van der Waals surface area contributed by atoms with E-state index in [1.165, 1.54) is 34.1 Å². The average molecular weight is 324 g/mol. The first kappa shape index (κ1) is 13.8. The highest BCUT2D eigenvalue weighted by Crippen LogP contribution is 2.13. The van der Waals surface area contributed by atoms with E-state index in [4.69, 9.17) is 16.3 Å². The lowest BCUT2D eigenvalue weighted by atomic mass is 10.4. The highest BCUT2D eigenvalue weighted by molar-refractivity contribution is 7.15. The third kappa shape index (κ3) is 2.70. The summed E-state index contributed by atoms with van der Waals surface area (Å²) in [7, 11) is 0. The van der Waals surface area contributed by atoms with Crippen molar-refractivity contribution in [3.63, 3.8) is 0 Å². The molecule has 0 aliphatic carbocycles. The van der Waals surface area contributed by atoms with Crippen LogP contribution in [-0.4, -0.2) is 20.3 Å². The Labute approximate surface area is 128 Å². The summed E-state index contributed by atoms with van der Waals surface area (Å²) >= 11 is 7.08. The van der Waals surface area contributed by atoms with Gasteiger partial charge in [-0.05, 0) is 13.0 Å². The van der Waals surface area contributed by atoms with Gasteiger partial charge in [-0.3, -0.25) is 9.20 Å². The Balaban J connectivity index is 1.79. The normalized spacial score (nSPS) is 11.0. The molecule has 3 aromatic heterocycles. The van der Waals surface area contributed by atoms with E-state index < -0.39 is 5.97 Å². The fourth-order valence-electron chi connectivity index (χ4n) is 1.88. The molecule has 0 spiro atoms. The van der Waals surface area contributed by atoms with Gasteiger partial charge in [0.25, 0.3) is 5.56 Å². The van der Waals surface area contributed by atoms with E-state index in [9.17, 15) is 9.59 Å². The molecular weight excluding hydrogens is 314 g/mol. The number of aromatic nitrogens is 3. The number of thiazole rings is 1. The molecule has 3 rings (SSSR count). The first-order valence-corrected chi connectivity index (χ1v) is 7.28. The number of ether oxygens (including phenoxy) is 1. The second kappa shape index (κ2) is 5.34. The summed E-state index contributed by atoms with van der Waals surface area (Å²) in [5.74, 6) is -0.550. The van der Waals surface area contributed by atoms with Crippen LogP contribution in [0.3, 0.4) is 0 Å². The number of hydrogen-bond donors (Lipinski definition) is 1. The Morgan fingerprint density at radius 2 is 2.33 bits per heavy atom. The van der Waals surface area contributed by atoms with Crippen molar-refractivity contribution < 1.29 is 9.53 Å². The molecule has 8 heteroatoms. The maximum atomic E-state index is 12.0. The van der Waals surface area contributed by atoms with Crippen LogP contribution < -0.4 is 5.56 Å². The molecule has 0 aliphatic rings. The van der Waals surface area contributed by atoms with Gasteiger partial charge in [0.15, 0.2) is 4.96 Å². The number of aryl methyl sites for hydroxylation is 1. The van der Waals surface area contributed by atoms with Gasteiger partial charge >= 0.3 is 5.97 Å². The van der Waals surface area contributed by atoms with Crippen LogP contribution in [0, 0.1) is 6.92 Å². The smallest absolute Gasteiger partial charge is 0.355 e. The van der Waals surface area contributed by atoms with Gasteiger partial charge in [0.2, 0.25) is 0 Å². The second-order valence-corrected chi connectivity index (χ2v) is 5.66. The molecule has 0 bridgehead atoms. The summed E-state index contributed by atoms with van der Waals surface area (Å²) < 4.78 is 6.62. The molecule has 0 amide bonds. The predicted octanol–water partition coefficient (Wildman–Crippen LogP) is 2.40. The lowest BCUT2D eigenvalue weighted by Crippen LogP contribution is -2.16. The number of rotatable bonds is 3. The molecule has 0 radical (unpaired) electrons. The lowest BCUT2D eigenvalue weighted by molar-refractivity contribution is 0.0461. The van der Waals surface area contributed by atoms with Crippen LogP contribution in [0.5, 0.6) is 0 Å². The summed E-state index contributed by atoms with van der Waals surface area (Å²) in [6.45, 7) is 1.76. The summed E-state index contributed by atoms with van der Waals surface area (Å²) in [4.78, 5) is 31.3. The van der Waals surface area contributed by atoms with Crippen molar-refractivity contribution >= 4 is 33.9 Å². The van der Waals surface area contributed by atoms with Crippen LogP contribution in [0.25, 0.3) is 4.96 Å². The van der Waals surface area contributed by atoms with E-state index >= 15 is 0 Å². The molecule has 0 aromatic carbocycles. The SMILES string of the molecule is Cc1csc2nc(COC(=O)c3cc(Cl)c[nH]3)cc(=O)n12. The molecule has 3 heterocycles. The van der Waals surface area contributed by atoms with Gasteiger partial charge in [-0.15, -0.1) is 11.3 Å². The molecule has 0 saturated heterocycles. The Kier molecular flexibility index (Phi) is 3.52. The van der Waals surface area contributed by atoms with E-state index in [1.807, 2.05) is 12.3 Å². The predicted molar refractivity (Wildman–Crippen MR) is 79.0 cm³/mol. The van der Waals surface area contributed by atoms with Gasteiger partial charge in [-0.1, -0.05) is 11.6 Å². The number of nitrogens with one attached hydrogen (secondary N) is 1. The van der Waals surface area contributed by atoms with Crippen molar-refractivity contribution in [2.45, 2.75) is 13.5 Å². The van der Waals surface area contributed by atoms with Crippen molar-refractivity contribution in [1.29, 1.82) is 0 Å². The number of nitrogens with zero attached hydrogens (tertiary/aromatic N) is 2. The van der Waals surface area contributed by atoms with Crippen LogP contribution in [0.15, 0.2) is 28.5 Å². The van der Waals surface area contributed by atoms with E-state index in [0.717, 1.165) is 5.69 Å².